The van der Waals surface area contributed by atoms with Crippen molar-refractivity contribution in [3.63, 3.8) is 0 Å². The van der Waals surface area contributed by atoms with Crippen LogP contribution >= 0.6 is 0 Å². The van der Waals surface area contributed by atoms with Crippen molar-refractivity contribution in [2.24, 2.45) is 5.92 Å². The summed E-state index contributed by atoms with van der Waals surface area (Å²) in [4.78, 5) is 10.6. The number of likely N-dealkylation sites (tertiary alicyclic amines) is 2. The molecule has 0 bridgehead atoms. The summed E-state index contributed by atoms with van der Waals surface area (Å²) in [6.07, 6.45) is 4.10. The normalized spacial score (nSPS) is 28.9. The van der Waals surface area contributed by atoms with E-state index >= 15 is 0 Å². The van der Waals surface area contributed by atoms with Gasteiger partial charge in [0, 0.05) is 51.9 Å². The fourth-order valence-corrected chi connectivity index (χ4v) is 4.44. The van der Waals surface area contributed by atoms with E-state index < -0.39 is 0 Å². The van der Waals surface area contributed by atoms with E-state index in [1.807, 2.05) is 0 Å². The molecule has 0 aromatic heterocycles. The van der Waals surface area contributed by atoms with Gasteiger partial charge in [-0.1, -0.05) is 6.92 Å². The average Bonchev–Trinajstić information content (AvgIpc) is 2.48. The molecule has 3 rings (SSSR count). The van der Waals surface area contributed by atoms with E-state index in [1.165, 1.54) is 84.7 Å². The summed E-state index contributed by atoms with van der Waals surface area (Å²) >= 11 is 0. The maximum atomic E-state index is 2.78. The summed E-state index contributed by atoms with van der Waals surface area (Å²) in [5, 5.41) is 0. The quantitative estimate of drug-likeness (QED) is 0.751. The minimum Gasteiger partial charge on any atom is -0.306 e. The Morgan fingerprint density at radius 2 is 1.52 bits per heavy atom. The predicted octanol–water partition coefficient (Wildman–Crippen LogP) is 1.04. The molecule has 3 saturated heterocycles. The van der Waals surface area contributed by atoms with Gasteiger partial charge in [-0.05, 0) is 51.9 Å². The highest BCUT2D eigenvalue weighted by molar-refractivity contribution is 4.86. The van der Waals surface area contributed by atoms with Crippen LogP contribution in [0.3, 0.4) is 0 Å². The Balaban J connectivity index is 1.34. The van der Waals surface area contributed by atoms with Crippen molar-refractivity contribution in [1.29, 1.82) is 0 Å². The van der Waals surface area contributed by atoms with Crippen molar-refractivity contribution >= 4 is 0 Å². The lowest BCUT2D eigenvalue weighted by Gasteiger charge is -2.45. The molecular formula is C17H34N4. The summed E-state index contributed by atoms with van der Waals surface area (Å²) < 4.78 is 0. The van der Waals surface area contributed by atoms with Crippen molar-refractivity contribution in [3.8, 4) is 0 Å². The second kappa shape index (κ2) is 7.40. The SMILES string of the molecule is CCCN1CCN(C2CCN(CC3CN(C)C3)CC2)CC1. The standard InChI is InChI=1S/C17H34N4/c1-3-6-19-9-11-21(12-10-19)17-4-7-20(8-5-17)15-16-13-18(2)14-16/h16-17H,3-15H2,1-2H3. The molecule has 0 spiro atoms. The van der Waals surface area contributed by atoms with Gasteiger partial charge in [0.15, 0.2) is 0 Å². The predicted molar refractivity (Wildman–Crippen MR) is 88.8 cm³/mol. The molecule has 0 aliphatic carbocycles. The van der Waals surface area contributed by atoms with Gasteiger partial charge in [0.1, 0.15) is 0 Å². The van der Waals surface area contributed by atoms with E-state index in [9.17, 15) is 0 Å². The van der Waals surface area contributed by atoms with Gasteiger partial charge in [-0.3, -0.25) is 4.90 Å². The first-order valence-electron chi connectivity index (χ1n) is 9.12. The van der Waals surface area contributed by atoms with Gasteiger partial charge in [0.05, 0.1) is 0 Å². The first-order chi connectivity index (χ1) is 10.2. The monoisotopic (exact) mass is 294 g/mol. The van der Waals surface area contributed by atoms with E-state index in [0.717, 1.165) is 12.0 Å². The molecule has 3 heterocycles. The molecule has 0 atom stereocenters. The van der Waals surface area contributed by atoms with E-state index in [-0.39, 0.29) is 0 Å². The molecule has 4 heteroatoms. The van der Waals surface area contributed by atoms with Crippen LogP contribution in [-0.2, 0) is 0 Å². The van der Waals surface area contributed by atoms with Crippen LogP contribution in [0.5, 0.6) is 0 Å². The molecule has 0 aromatic rings. The lowest BCUT2D eigenvalue weighted by molar-refractivity contribution is 0.0392. The summed E-state index contributed by atoms with van der Waals surface area (Å²) in [6.45, 7) is 15.4. The molecule has 3 aliphatic rings. The van der Waals surface area contributed by atoms with Crippen molar-refractivity contribution in [1.82, 2.24) is 19.6 Å². The van der Waals surface area contributed by atoms with Gasteiger partial charge in [-0.25, -0.2) is 0 Å². The Bertz CT molecular complexity index is 300. The number of rotatable bonds is 5. The molecule has 0 unspecified atom stereocenters. The Hall–Kier alpha value is -0.160. The molecule has 3 aliphatic heterocycles. The smallest absolute Gasteiger partial charge is 0.0121 e. The number of piperidine rings is 1. The summed E-state index contributed by atoms with van der Waals surface area (Å²) in [7, 11) is 2.24. The van der Waals surface area contributed by atoms with Gasteiger partial charge >= 0.3 is 0 Å². The maximum Gasteiger partial charge on any atom is 0.0121 e. The van der Waals surface area contributed by atoms with Gasteiger partial charge in [-0.2, -0.15) is 0 Å². The summed E-state index contributed by atoms with van der Waals surface area (Å²) in [5.41, 5.74) is 0. The molecular weight excluding hydrogens is 260 g/mol. The van der Waals surface area contributed by atoms with Gasteiger partial charge in [0.2, 0.25) is 0 Å². The highest BCUT2D eigenvalue weighted by Crippen LogP contribution is 2.21. The van der Waals surface area contributed by atoms with E-state index in [2.05, 4.69) is 33.6 Å². The fourth-order valence-electron chi connectivity index (χ4n) is 4.44. The first kappa shape index (κ1) is 15.7. The second-order valence-corrected chi connectivity index (χ2v) is 7.50. The van der Waals surface area contributed by atoms with Crippen molar-refractivity contribution in [3.05, 3.63) is 0 Å². The van der Waals surface area contributed by atoms with Crippen LogP contribution in [0.1, 0.15) is 26.2 Å². The van der Waals surface area contributed by atoms with Crippen LogP contribution in [0.2, 0.25) is 0 Å². The minimum absolute atomic E-state index is 0.870. The number of hydrogen-bond donors (Lipinski definition) is 0. The maximum absolute atomic E-state index is 2.78. The van der Waals surface area contributed by atoms with E-state index in [4.69, 9.17) is 0 Å². The molecule has 0 amide bonds. The molecule has 122 valence electrons. The first-order valence-corrected chi connectivity index (χ1v) is 9.12. The Morgan fingerprint density at radius 1 is 0.857 bits per heavy atom. The largest absolute Gasteiger partial charge is 0.306 e. The van der Waals surface area contributed by atoms with Gasteiger partial charge in [0.25, 0.3) is 0 Å². The Morgan fingerprint density at radius 3 is 2.10 bits per heavy atom. The lowest BCUT2D eigenvalue weighted by Crippen LogP contribution is -2.55. The third-order valence-corrected chi connectivity index (χ3v) is 5.68. The van der Waals surface area contributed by atoms with Crippen LogP contribution in [-0.4, -0.2) is 98.1 Å². The number of piperazine rings is 1. The van der Waals surface area contributed by atoms with Crippen molar-refractivity contribution < 1.29 is 0 Å². The van der Waals surface area contributed by atoms with Crippen LogP contribution in [0, 0.1) is 5.92 Å². The third kappa shape index (κ3) is 4.19. The average molecular weight is 294 g/mol. The van der Waals surface area contributed by atoms with Crippen LogP contribution < -0.4 is 0 Å². The lowest BCUT2D eigenvalue weighted by atomic mass is 9.97. The number of hydrogen-bond acceptors (Lipinski definition) is 4. The summed E-state index contributed by atoms with van der Waals surface area (Å²) in [5.74, 6) is 0.948. The zero-order valence-corrected chi connectivity index (χ0v) is 14.1. The molecule has 0 aromatic carbocycles. The Labute approximate surface area is 131 Å². The fraction of sp³-hybridized carbons (Fsp3) is 1.00. The molecule has 4 nitrogen and oxygen atoms in total. The van der Waals surface area contributed by atoms with Gasteiger partial charge in [-0.15, -0.1) is 0 Å². The Kier molecular flexibility index (Phi) is 5.54. The number of nitrogens with zero attached hydrogens (tertiary/aromatic N) is 4. The van der Waals surface area contributed by atoms with Crippen LogP contribution in [0.25, 0.3) is 0 Å². The highest BCUT2D eigenvalue weighted by atomic mass is 15.3. The highest BCUT2D eigenvalue weighted by Gasteiger charge is 2.30. The van der Waals surface area contributed by atoms with Crippen LogP contribution in [0.15, 0.2) is 0 Å². The molecule has 0 saturated carbocycles. The molecule has 21 heavy (non-hydrogen) atoms. The molecule has 0 N–H and O–H groups in total. The zero-order valence-electron chi connectivity index (χ0n) is 14.1. The van der Waals surface area contributed by atoms with Crippen molar-refractivity contribution in [2.45, 2.75) is 32.2 Å². The molecule has 3 fully saturated rings. The zero-order chi connectivity index (χ0) is 14.7. The van der Waals surface area contributed by atoms with E-state index in [0.29, 0.717) is 0 Å². The third-order valence-electron chi connectivity index (χ3n) is 5.68. The van der Waals surface area contributed by atoms with Crippen molar-refractivity contribution in [2.75, 3.05) is 72.5 Å². The summed E-state index contributed by atoms with van der Waals surface area (Å²) in [6, 6.07) is 0.870. The topological polar surface area (TPSA) is 13.0 Å². The molecule has 0 radical (unpaired) electrons. The van der Waals surface area contributed by atoms with Gasteiger partial charge < -0.3 is 14.7 Å². The minimum atomic E-state index is 0.870. The van der Waals surface area contributed by atoms with Crippen LogP contribution in [0.4, 0.5) is 0 Å². The van der Waals surface area contributed by atoms with E-state index in [1.54, 1.807) is 0 Å². The second-order valence-electron chi connectivity index (χ2n) is 7.50.